The number of carbonyl (C=O) groups is 1. The molecule has 1 aliphatic rings. The van der Waals surface area contributed by atoms with Gasteiger partial charge in [0.1, 0.15) is 0 Å². The van der Waals surface area contributed by atoms with E-state index in [4.69, 9.17) is 5.26 Å². The number of hydrogen-bond acceptors (Lipinski definition) is 4. The fraction of sp³-hybridized carbons (Fsp3) is 0.529. The fourth-order valence-corrected chi connectivity index (χ4v) is 4.03. The standard InChI is InChI=1S/C17H23N3O3S/c1-12-9-15(10-16(13(12)2)24(22,23)19(3)4)17(21)20-7-5-14(11-18)6-8-20/h9-10,14H,5-8H2,1-4H3. The monoisotopic (exact) mass is 349 g/mol. The van der Waals surface area contributed by atoms with E-state index < -0.39 is 10.0 Å². The maximum Gasteiger partial charge on any atom is 0.253 e. The molecule has 24 heavy (non-hydrogen) atoms. The lowest BCUT2D eigenvalue weighted by molar-refractivity contribution is 0.0707. The Balaban J connectivity index is 2.37. The lowest BCUT2D eigenvalue weighted by Crippen LogP contribution is -2.38. The van der Waals surface area contributed by atoms with Gasteiger partial charge in [-0.15, -0.1) is 0 Å². The topological polar surface area (TPSA) is 81.5 Å². The van der Waals surface area contributed by atoms with Crippen molar-refractivity contribution in [1.29, 1.82) is 5.26 Å². The van der Waals surface area contributed by atoms with Gasteiger partial charge in [-0.1, -0.05) is 0 Å². The lowest BCUT2D eigenvalue weighted by atomic mass is 9.97. The van der Waals surface area contributed by atoms with Crippen molar-refractivity contribution in [2.24, 2.45) is 5.92 Å². The summed E-state index contributed by atoms with van der Waals surface area (Å²) in [6.45, 7) is 4.61. The number of sulfonamides is 1. The van der Waals surface area contributed by atoms with Crippen molar-refractivity contribution in [2.75, 3.05) is 27.2 Å². The second kappa shape index (κ2) is 6.91. The highest BCUT2D eigenvalue weighted by molar-refractivity contribution is 7.89. The van der Waals surface area contributed by atoms with Crippen LogP contribution in [0.3, 0.4) is 0 Å². The highest BCUT2D eigenvalue weighted by Gasteiger charge is 2.27. The molecule has 0 N–H and O–H groups in total. The second-order valence-electron chi connectivity index (χ2n) is 6.40. The minimum atomic E-state index is -3.61. The van der Waals surface area contributed by atoms with Gasteiger partial charge in [-0.05, 0) is 49.9 Å². The van der Waals surface area contributed by atoms with E-state index in [0.717, 1.165) is 9.87 Å². The van der Waals surface area contributed by atoms with Crippen molar-refractivity contribution < 1.29 is 13.2 Å². The Hall–Kier alpha value is -1.91. The van der Waals surface area contributed by atoms with Crippen molar-refractivity contribution in [1.82, 2.24) is 9.21 Å². The molecule has 7 heteroatoms. The summed E-state index contributed by atoms with van der Waals surface area (Å²) in [7, 11) is -0.655. The van der Waals surface area contributed by atoms with Crippen LogP contribution < -0.4 is 0 Å². The van der Waals surface area contributed by atoms with E-state index in [2.05, 4.69) is 6.07 Å². The van der Waals surface area contributed by atoms with Crippen LogP contribution in [0.1, 0.15) is 34.3 Å². The number of benzene rings is 1. The molecule has 1 fully saturated rings. The molecule has 130 valence electrons. The summed E-state index contributed by atoms with van der Waals surface area (Å²) in [6, 6.07) is 5.45. The van der Waals surface area contributed by atoms with Crippen LogP contribution in [-0.2, 0) is 10.0 Å². The van der Waals surface area contributed by atoms with Crippen LogP contribution in [0.5, 0.6) is 0 Å². The zero-order valence-electron chi connectivity index (χ0n) is 14.5. The van der Waals surface area contributed by atoms with Gasteiger partial charge in [0.25, 0.3) is 5.91 Å². The Kier molecular flexibility index (Phi) is 5.31. The molecule has 0 aromatic heterocycles. The third-order valence-corrected chi connectivity index (χ3v) is 6.53. The average Bonchev–Trinajstić information content (AvgIpc) is 2.56. The molecule has 2 rings (SSSR count). The number of aryl methyl sites for hydroxylation is 1. The van der Waals surface area contributed by atoms with Gasteiger partial charge in [0, 0.05) is 38.7 Å². The molecule has 1 aliphatic heterocycles. The van der Waals surface area contributed by atoms with E-state index in [-0.39, 0.29) is 16.7 Å². The molecule has 0 atom stereocenters. The van der Waals surface area contributed by atoms with E-state index in [1.165, 1.54) is 20.2 Å². The Morgan fingerprint density at radius 1 is 1.25 bits per heavy atom. The number of hydrogen-bond donors (Lipinski definition) is 0. The SMILES string of the molecule is Cc1cc(C(=O)N2CCC(C#N)CC2)cc(S(=O)(=O)N(C)C)c1C. The molecule has 1 aromatic rings. The summed E-state index contributed by atoms with van der Waals surface area (Å²) in [5.74, 6) is -0.178. The molecule has 0 unspecified atom stereocenters. The van der Waals surface area contributed by atoms with Gasteiger partial charge in [-0.3, -0.25) is 4.79 Å². The largest absolute Gasteiger partial charge is 0.339 e. The number of piperidine rings is 1. The van der Waals surface area contributed by atoms with Crippen molar-refractivity contribution in [2.45, 2.75) is 31.6 Å². The van der Waals surface area contributed by atoms with Crippen LogP contribution in [0.15, 0.2) is 17.0 Å². The van der Waals surface area contributed by atoms with E-state index in [0.29, 0.717) is 37.1 Å². The van der Waals surface area contributed by atoms with Gasteiger partial charge in [-0.25, -0.2) is 12.7 Å². The van der Waals surface area contributed by atoms with Crippen LogP contribution in [0, 0.1) is 31.1 Å². The Bertz CT molecular complexity index is 786. The molecule has 1 saturated heterocycles. The zero-order chi connectivity index (χ0) is 18.1. The van der Waals surface area contributed by atoms with Crippen molar-refractivity contribution in [3.05, 3.63) is 28.8 Å². The molecule has 6 nitrogen and oxygen atoms in total. The molecule has 0 saturated carbocycles. The van der Waals surface area contributed by atoms with Gasteiger partial charge in [0.15, 0.2) is 0 Å². The van der Waals surface area contributed by atoms with Crippen LogP contribution >= 0.6 is 0 Å². The van der Waals surface area contributed by atoms with Crippen LogP contribution in [-0.4, -0.2) is 50.7 Å². The van der Waals surface area contributed by atoms with Crippen LogP contribution in [0.4, 0.5) is 0 Å². The zero-order valence-corrected chi connectivity index (χ0v) is 15.4. The van der Waals surface area contributed by atoms with Gasteiger partial charge < -0.3 is 4.90 Å². The summed E-state index contributed by atoms with van der Waals surface area (Å²) in [5, 5.41) is 8.95. The number of carbonyl (C=O) groups excluding carboxylic acids is 1. The summed E-state index contributed by atoms with van der Waals surface area (Å²) < 4.78 is 26.2. The lowest BCUT2D eigenvalue weighted by Gasteiger charge is -2.29. The third-order valence-electron chi connectivity index (χ3n) is 4.59. The summed E-state index contributed by atoms with van der Waals surface area (Å²) in [5.41, 5.74) is 1.81. The highest BCUT2D eigenvalue weighted by Crippen LogP contribution is 2.25. The van der Waals surface area contributed by atoms with Gasteiger partial charge in [0.2, 0.25) is 10.0 Å². The molecule has 1 amide bonds. The predicted molar refractivity (Wildman–Crippen MR) is 91.0 cm³/mol. The van der Waals surface area contributed by atoms with E-state index >= 15 is 0 Å². The Morgan fingerprint density at radius 3 is 2.33 bits per heavy atom. The highest BCUT2D eigenvalue weighted by atomic mass is 32.2. The van der Waals surface area contributed by atoms with Gasteiger partial charge in [0.05, 0.1) is 11.0 Å². The molecule has 1 aromatic carbocycles. The molecule has 0 aliphatic carbocycles. The first kappa shape index (κ1) is 18.4. The van der Waals surface area contributed by atoms with Crippen molar-refractivity contribution in [3.8, 4) is 6.07 Å². The first-order valence-corrected chi connectivity index (χ1v) is 9.35. The number of rotatable bonds is 3. The maximum absolute atomic E-state index is 12.7. The first-order valence-electron chi connectivity index (χ1n) is 7.91. The fourth-order valence-electron chi connectivity index (χ4n) is 2.81. The van der Waals surface area contributed by atoms with Gasteiger partial charge in [-0.2, -0.15) is 5.26 Å². The third kappa shape index (κ3) is 3.45. The smallest absolute Gasteiger partial charge is 0.253 e. The summed E-state index contributed by atoms with van der Waals surface area (Å²) in [4.78, 5) is 14.6. The molecular formula is C17H23N3O3S. The van der Waals surface area contributed by atoms with Gasteiger partial charge >= 0.3 is 0 Å². The van der Waals surface area contributed by atoms with E-state index in [9.17, 15) is 13.2 Å². The normalized spacial score (nSPS) is 16.2. The van der Waals surface area contributed by atoms with Crippen LogP contribution in [0.2, 0.25) is 0 Å². The molecule has 0 spiro atoms. The number of nitriles is 1. The molecule has 0 radical (unpaired) electrons. The first-order chi connectivity index (χ1) is 11.2. The average molecular weight is 349 g/mol. The van der Waals surface area contributed by atoms with E-state index in [1.54, 1.807) is 17.9 Å². The minimum Gasteiger partial charge on any atom is -0.339 e. The summed E-state index contributed by atoms with van der Waals surface area (Å²) >= 11 is 0. The number of nitrogens with zero attached hydrogens (tertiary/aromatic N) is 3. The van der Waals surface area contributed by atoms with Crippen molar-refractivity contribution >= 4 is 15.9 Å². The van der Waals surface area contributed by atoms with Crippen molar-refractivity contribution in [3.63, 3.8) is 0 Å². The summed E-state index contributed by atoms with van der Waals surface area (Å²) in [6.07, 6.45) is 1.33. The minimum absolute atomic E-state index is 0.00140. The Morgan fingerprint density at radius 2 is 1.83 bits per heavy atom. The molecule has 0 bridgehead atoms. The molecule has 1 heterocycles. The van der Waals surface area contributed by atoms with E-state index in [1.807, 2.05) is 6.92 Å². The molecular weight excluding hydrogens is 326 g/mol. The second-order valence-corrected chi connectivity index (χ2v) is 8.52. The predicted octanol–water partition coefficient (Wildman–Crippen LogP) is 1.93. The maximum atomic E-state index is 12.7. The Labute approximate surface area is 143 Å². The quantitative estimate of drug-likeness (QED) is 0.835. The van der Waals surface area contributed by atoms with Crippen LogP contribution in [0.25, 0.3) is 0 Å². The number of amides is 1. The number of likely N-dealkylation sites (tertiary alicyclic amines) is 1.